The van der Waals surface area contributed by atoms with Crippen molar-refractivity contribution in [3.8, 4) is 0 Å². The van der Waals surface area contributed by atoms with Gasteiger partial charge in [-0.1, -0.05) is 11.6 Å². The lowest BCUT2D eigenvalue weighted by Crippen LogP contribution is -1.87. The molecule has 1 aromatic heterocycles. The van der Waals surface area contributed by atoms with Gasteiger partial charge in [0.25, 0.3) is 0 Å². The molecule has 0 fully saturated rings. The van der Waals surface area contributed by atoms with E-state index in [0.717, 1.165) is 10.9 Å². The van der Waals surface area contributed by atoms with Crippen LogP contribution in [0.2, 0.25) is 4.34 Å². The normalized spacial score (nSPS) is 10.2. The van der Waals surface area contributed by atoms with Crippen LogP contribution in [0.4, 0.5) is 0 Å². The third-order valence-electron chi connectivity index (χ3n) is 1.08. The Kier molecular flexibility index (Phi) is 3.19. The molecule has 0 aliphatic heterocycles. The van der Waals surface area contributed by atoms with E-state index < -0.39 is 0 Å². The summed E-state index contributed by atoms with van der Waals surface area (Å²) in [6.07, 6.45) is 0. The number of halogens is 1. The second-order valence-corrected chi connectivity index (χ2v) is 3.64. The number of ether oxygens (including phenoxy) is 1. The van der Waals surface area contributed by atoms with Gasteiger partial charge in [0.2, 0.25) is 0 Å². The first-order valence-corrected chi connectivity index (χ1v) is 4.34. The van der Waals surface area contributed by atoms with Gasteiger partial charge in [-0.05, 0) is 19.1 Å². The topological polar surface area (TPSA) is 9.23 Å². The van der Waals surface area contributed by atoms with Gasteiger partial charge < -0.3 is 4.74 Å². The molecule has 0 spiro atoms. The first kappa shape index (κ1) is 8.05. The summed E-state index contributed by atoms with van der Waals surface area (Å²) in [7, 11) is 0. The lowest BCUT2D eigenvalue weighted by molar-refractivity contribution is 0.136. The van der Waals surface area contributed by atoms with Crippen molar-refractivity contribution in [3.05, 3.63) is 21.3 Å². The lowest BCUT2D eigenvalue weighted by atomic mass is 10.5. The van der Waals surface area contributed by atoms with Gasteiger partial charge in [-0.2, -0.15) is 0 Å². The summed E-state index contributed by atoms with van der Waals surface area (Å²) in [6.45, 7) is 3.43. The van der Waals surface area contributed by atoms with Crippen LogP contribution in [0.25, 0.3) is 0 Å². The van der Waals surface area contributed by atoms with Gasteiger partial charge in [0.05, 0.1) is 10.9 Å². The van der Waals surface area contributed by atoms with E-state index in [9.17, 15) is 0 Å². The van der Waals surface area contributed by atoms with Crippen LogP contribution in [0.5, 0.6) is 0 Å². The largest absolute Gasteiger partial charge is 0.376 e. The number of hydrogen-bond acceptors (Lipinski definition) is 2. The first-order valence-electron chi connectivity index (χ1n) is 3.15. The average Bonchev–Trinajstić information content (AvgIpc) is 2.31. The highest BCUT2D eigenvalue weighted by atomic mass is 35.5. The molecule has 0 unspecified atom stereocenters. The van der Waals surface area contributed by atoms with Gasteiger partial charge in [0, 0.05) is 11.5 Å². The fourth-order valence-corrected chi connectivity index (χ4v) is 1.66. The maximum absolute atomic E-state index is 5.70. The van der Waals surface area contributed by atoms with Crippen LogP contribution in [-0.4, -0.2) is 6.61 Å². The molecule has 0 aliphatic rings. The summed E-state index contributed by atoms with van der Waals surface area (Å²) in [5.41, 5.74) is 0. The van der Waals surface area contributed by atoms with E-state index in [1.165, 1.54) is 4.88 Å². The first-order chi connectivity index (χ1) is 4.83. The third-order valence-corrected chi connectivity index (χ3v) is 2.28. The summed E-state index contributed by atoms with van der Waals surface area (Å²) in [6, 6.07) is 3.88. The zero-order valence-corrected chi connectivity index (χ0v) is 7.34. The van der Waals surface area contributed by atoms with E-state index in [0.29, 0.717) is 6.61 Å². The van der Waals surface area contributed by atoms with Crippen molar-refractivity contribution in [2.75, 3.05) is 6.61 Å². The summed E-state index contributed by atoms with van der Waals surface area (Å²) < 4.78 is 6.01. The van der Waals surface area contributed by atoms with Gasteiger partial charge >= 0.3 is 0 Å². The van der Waals surface area contributed by atoms with Crippen molar-refractivity contribution >= 4 is 22.9 Å². The van der Waals surface area contributed by atoms with Crippen molar-refractivity contribution < 1.29 is 4.74 Å². The minimum Gasteiger partial charge on any atom is -0.376 e. The average molecular weight is 177 g/mol. The molecule has 0 aliphatic carbocycles. The number of hydrogen-bond donors (Lipinski definition) is 0. The van der Waals surface area contributed by atoms with Crippen LogP contribution >= 0.6 is 22.9 Å². The molecule has 0 bridgehead atoms. The highest BCUT2D eigenvalue weighted by Gasteiger charge is 1.95. The highest BCUT2D eigenvalue weighted by Crippen LogP contribution is 2.21. The van der Waals surface area contributed by atoms with E-state index in [1.807, 2.05) is 19.1 Å². The summed E-state index contributed by atoms with van der Waals surface area (Å²) >= 11 is 7.27. The van der Waals surface area contributed by atoms with Crippen LogP contribution < -0.4 is 0 Å². The Balaban J connectivity index is 2.42. The quantitative estimate of drug-likeness (QED) is 0.688. The Labute approximate surface area is 69.6 Å². The monoisotopic (exact) mass is 176 g/mol. The molecule has 0 radical (unpaired) electrons. The summed E-state index contributed by atoms with van der Waals surface area (Å²) in [4.78, 5) is 1.19. The third kappa shape index (κ3) is 2.29. The Morgan fingerprint density at radius 3 is 2.90 bits per heavy atom. The second-order valence-electron chi connectivity index (χ2n) is 1.84. The van der Waals surface area contributed by atoms with Gasteiger partial charge in [0.15, 0.2) is 0 Å². The fourth-order valence-electron chi connectivity index (χ4n) is 0.632. The van der Waals surface area contributed by atoms with Gasteiger partial charge in [-0.25, -0.2) is 0 Å². The lowest BCUT2D eigenvalue weighted by Gasteiger charge is -1.94. The van der Waals surface area contributed by atoms with Crippen molar-refractivity contribution in [2.45, 2.75) is 13.5 Å². The molecule has 0 saturated heterocycles. The zero-order valence-electron chi connectivity index (χ0n) is 5.76. The molecule has 0 N–H and O–H groups in total. The molecule has 0 saturated carbocycles. The second kappa shape index (κ2) is 3.96. The summed E-state index contributed by atoms with van der Waals surface area (Å²) in [5, 5.41) is 0. The van der Waals surface area contributed by atoms with E-state index in [2.05, 4.69) is 0 Å². The van der Waals surface area contributed by atoms with E-state index in [-0.39, 0.29) is 0 Å². The smallest absolute Gasteiger partial charge is 0.0932 e. The summed E-state index contributed by atoms with van der Waals surface area (Å²) in [5.74, 6) is 0. The SMILES string of the molecule is CCOCc1ccc(Cl)s1. The molecular formula is C7H9ClOS. The van der Waals surface area contributed by atoms with Crippen LogP contribution in [0.1, 0.15) is 11.8 Å². The predicted molar refractivity (Wildman–Crippen MR) is 44.7 cm³/mol. The van der Waals surface area contributed by atoms with Crippen LogP contribution in [0.3, 0.4) is 0 Å². The minimum absolute atomic E-state index is 0.688. The van der Waals surface area contributed by atoms with Crippen molar-refractivity contribution in [2.24, 2.45) is 0 Å². The highest BCUT2D eigenvalue weighted by molar-refractivity contribution is 7.16. The Morgan fingerprint density at radius 1 is 1.60 bits per heavy atom. The number of thiophene rings is 1. The molecule has 1 rings (SSSR count). The standard InChI is InChI=1S/C7H9ClOS/c1-2-9-5-6-3-4-7(8)10-6/h3-4H,2,5H2,1H3. The van der Waals surface area contributed by atoms with E-state index in [1.54, 1.807) is 11.3 Å². The molecule has 56 valence electrons. The van der Waals surface area contributed by atoms with Crippen LogP contribution in [-0.2, 0) is 11.3 Å². The Bertz CT molecular complexity index is 197. The Morgan fingerprint density at radius 2 is 2.40 bits per heavy atom. The van der Waals surface area contributed by atoms with E-state index in [4.69, 9.17) is 16.3 Å². The molecule has 1 heterocycles. The maximum atomic E-state index is 5.70. The van der Waals surface area contributed by atoms with Crippen molar-refractivity contribution in [1.29, 1.82) is 0 Å². The molecule has 3 heteroatoms. The Hall–Kier alpha value is -0.0500. The van der Waals surface area contributed by atoms with Gasteiger partial charge in [-0.15, -0.1) is 11.3 Å². The maximum Gasteiger partial charge on any atom is 0.0932 e. The predicted octanol–water partition coefficient (Wildman–Crippen LogP) is 2.94. The minimum atomic E-state index is 0.688. The van der Waals surface area contributed by atoms with Gasteiger partial charge in [-0.3, -0.25) is 0 Å². The molecule has 0 atom stereocenters. The van der Waals surface area contributed by atoms with Crippen LogP contribution in [0.15, 0.2) is 12.1 Å². The molecule has 0 amide bonds. The van der Waals surface area contributed by atoms with Crippen molar-refractivity contribution in [1.82, 2.24) is 0 Å². The van der Waals surface area contributed by atoms with E-state index >= 15 is 0 Å². The fraction of sp³-hybridized carbons (Fsp3) is 0.429. The molecule has 0 aromatic carbocycles. The van der Waals surface area contributed by atoms with Crippen molar-refractivity contribution in [3.63, 3.8) is 0 Å². The van der Waals surface area contributed by atoms with Crippen LogP contribution in [0, 0.1) is 0 Å². The zero-order chi connectivity index (χ0) is 7.40. The molecular weight excluding hydrogens is 168 g/mol. The molecule has 1 aromatic rings. The van der Waals surface area contributed by atoms with Gasteiger partial charge in [0.1, 0.15) is 0 Å². The molecule has 1 nitrogen and oxygen atoms in total. The number of rotatable bonds is 3. The molecule has 10 heavy (non-hydrogen) atoms.